The summed E-state index contributed by atoms with van der Waals surface area (Å²) in [5.74, 6) is 1.21. The van der Waals surface area contributed by atoms with Crippen molar-refractivity contribution in [2.75, 3.05) is 26.2 Å². The fraction of sp³-hybridized carbons (Fsp3) is 0.500. The number of hydrogen-bond acceptors (Lipinski definition) is 3. The van der Waals surface area contributed by atoms with Gasteiger partial charge in [0.2, 0.25) is 5.91 Å². The van der Waals surface area contributed by atoms with Crippen molar-refractivity contribution in [2.45, 2.75) is 19.8 Å². The third kappa shape index (κ3) is 5.10. The SMILES string of the molecule is CC(=O)NCC1CCN(C(=O)COc2ccccc2)CC1. The van der Waals surface area contributed by atoms with E-state index in [0.717, 1.165) is 25.9 Å². The zero-order valence-electron chi connectivity index (χ0n) is 12.4. The number of likely N-dealkylation sites (tertiary alicyclic amines) is 1. The summed E-state index contributed by atoms with van der Waals surface area (Å²) in [6.07, 6.45) is 1.86. The minimum Gasteiger partial charge on any atom is -0.484 e. The first-order valence-corrected chi connectivity index (χ1v) is 7.35. The molecule has 0 radical (unpaired) electrons. The number of carbonyl (C=O) groups excluding carboxylic acids is 2. The molecule has 0 saturated carbocycles. The highest BCUT2D eigenvalue weighted by Crippen LogP contribution is 2.17. The van der Waals surface area contributed by atoms with Crippen molar-refractivity contribution in [1.82, 2.24) is 10.2 Å². The molecule has 0 bridgehead atoms. The maximum absolute atomic E-state index is 12.1. The number of nitrogens with zero attached hydrogens (tertiary/aromatic N) is 1. The first kappa shape index (κ1) is 15.4. The second-order valence-corrected chi connectivity index (χ2v) is 5.36. The lowest BCUT2D eigenvalue weighted by atomic mass is 9.97. The Morgan fingerprint density at radius 3 is 2.52 bits per heavy atom. The lowest BCUT2D eigenvalue weighted by molar-refractivity contribution is -0.134. The number of amides is 2. The van der Waals surface area contributed by atoms with E-state index in [1.54, 1.807) is 0 Å². The lowest BCUT2D eigenvalue weighted by Gasteiger charge is -2.32. The summed E-state index contributed by atoms with van der Waals surface area (Å²) in [6, 6.07) is 9.36. The van der Waals surface area contributed by atoms with Gasteiger partial charge in [-0.3, -0.25) is 9.59 Å². The van der Waals surface area contributed by atoms with E-state index in [1.807, 2.05) is 35.2 Å². The average molecular weight is 290 g/mol. The zero-order chi connectivity index (χ0) is 15.1. The van der Waals surface area contributed by atoms with Crippen molar-refractivity contribution in [1.29, 1.82) is 0 Å². The number of ether oxygens (including phenoxy) is 1. The number of nitrogens with one attached hydrogen (secondary N) is 1. The van der Waals surface area contributed by atoms with Crippen LogP contribution in [0.25, 0.3) is 0 Å². The molecular weight excluding hydrogens is 268 g/mol. The van der Waals surface area contributed by atoms with Gasteiger partial charge in [0.25, 0.3) is 5.91 Å². The highest BCUT2D eigenvalue weighted by Gasteiger charge is 2.22. The van der Waals surface area contributed by atoms with Crippen molar-refractivity contribution in [3.63, 3.8) is 0 Å². The number of benzene rings is 1. The first-order valence-electron chi connectivity index (χ1n) is 7.35. The molecule has 1 aromatic rings. The molecular formula is C16H22N2O3. The zero-order valence-corrected chi connectivity index (χ0v) is 12.4. The lowest BCUT2D eigenvalue weighted by Crippen LogP contribution is -2.43. The molecule has 2 rings (SSSR count). The molecule has 1 aromatic carbocycles. The van der Waals surface area contributed by atoms with Gasteiger partial charge >= 0.3 is 0 Å². The molecule has 0 unspecified atom stereocenters. The molecule has 21 heavy (non-hydrogen) atoms. The Morgan fingerprint density at radius 1 is 1.24 bits per heavy atom. The molecule has 1 heterocycles. The van der Waals surface area contributed by atoms with Crippen molar-refractivity contribution < 1.29 is 14.3 Å². The second kappa shape index (κ2) is 7.67. The van der Waals surface area contributed by atoms with Gasteiger partial charge < -0.3 is 15.0 Å². The van der Waals surface area contributed by atoms with Gasteiger partial charge in [0.05, 0.1) is 0 Å². The van der Waals surface area contributed by atoms with Crippen molar-refractivity contribution >= 4 is 11.8 Å². The standard InChI is InChI=1S/C16H22N2O3/c1-13(19)17-11-14-7-9-18(10-8-14)16(20)12-21-15-5-3-2-4-6-15/h2-6,14H,7-12H2,1H3,(H,17,19). The quantitative estimate of drug-likeness (QED) is 0.892. The minimum atomic E-state index is 0.00441. The van der Waals surface area contributed by atoms with Crippen LogP contribution < -0.4 is 10.1 Å². The smallest absolute Gasteiger partial charge is 0.260 e. The molecule has 1 fully saturated rings. The maximum atomic E-state index is 12.1. The van der Waals surface area contributed by atoms with Gasteiger partial charge in [0.1, 0.15) is 5.75 Å². The maximum Gasteiger partial charge on any atom is 0.260 e. The van der Waals surface area contributed by atoms with Crippen LogP contribution >= 0.6 is 0 Å². The normalized spacial score (nSPS) is 15.6. The highest BCUT2D eigenvalue weighted by atomic mass is 16.5. The average Bonchev–Trinajstić information content (AvgIpc) is 2.52. The van der Waals surface area contributed by atoms with Crippen LogP contribution in [0.3, 0.4) is 0 Å². The van der Waals surface area contributed by atoms with Crippen LogP contribution in [0.2, 0.25) is 0 Å². The monoisotopic (exact) mass is 290 g/mol. The van der Waals surface area contributed by atoms with E-state index in [1.165, 1.54) is 6.92 Å². The number of piperidine rings is 1. The molecule has 2 amide bonds. The van der Waals surface area contributed by atoms with Crippen LogP contribution in [-0.4, -0.2) is 43.0 Å². The number of rotatable bonds is 5. The largest absolute Gasteiger partial charge is 0.484 e. The van der Waals surface area contributed by atoms with Gasteiger partial charge in [-0.15, -0.1) is 0 Å². The second-order valence-electron chi connectivity index (χ2n) is 5.36. The molecule has 1 aliphatic heterocycles. The van der Waals surface area contributed by atoms with Crippen LogP contribution in [0.5, 0.6) is 5.75 Å². The van der Waals surface area contributed by atoms with Crippen LogP contribution in [0.1, 0.15) is 19.8 Å². The van der Waals surface area contributed by atoms with Gasteiger partial charge in [0.15, 0.2) is 6.61 Å². The summed E-state index contributed by atoms with van der Waals surface area (Å²) in [6.45, 7) is 3.79. The van der Waals surface area contributed by atoms with E-state index in [-0.39, 0.29) is 18.4 Å². The van der Waals surface area contributed by atoms with E-state index < -0.39 is 0 Å². The van der Waals surface area contributed by atoms with Crippen LogP contribution in [0.4, 0.5) is 0 Å². The van der Waals surface area contributed by atoms with Gasteiger partial charge in [-0.1, -0.05) is 18.2 Å². The van der Waals surface area contributed by atoms with Crippen molar-refractivity contribution in [2.24, 2.45) is 5.92 Å². The number of hydrogen-bond donors (Lipinski definition) is 1. The predicted octanol–water partition coefficient (Wildman–Crippen LogP) is 1.44. The van der Waals surface area contributed by atoms with Gasteiger partial charge in [-0.25, -0.2) is 0 Å². The molecule has 5 nitrogen and oxygen atoms in total. The Hall–Kier alpha value is -2.04. The number of para-hydroxylation sites is 1. The third-order valence-electron chi connectivity index (χ3n) is 3.71. The fourth-order valence-electron chi connectivity index (χ4n) is 2.43. The molecule has 0 aromatic heterocycles. The van der Waals surface area contributed by atoms with E-state index in [0.29, 0.717) is 18.2 Å². The number of carbonyl (C=O) groups is 2. The Morgan fingerprint density at radius 2 is 1.90 bits per heavy atom. The molecule has 0 spiro atoms. The summed E-state index contributed by atoms with van der Waals surface area (Å²) in [5.41, 5.74) is 0. The molecule has 114 valence electrons. The Kier molecular flexibility index (Phi) is 5.60. The Bertz CT molecular complexity index is 468. The highest BCUT2D eigenvalue weighted by molar-refractivity contribution is 5.77. The van der Waals surface area contributed by atoms with E-state index in [2.05, 4.69) is 5.32 Å². The molecule has 1 aliphatic rings. The van der Waals surface area contributed by atoms with Crippen LogP contribution in [0, 0.1) is 5.92 Å². The summed E-state index contributed by atoms with van der Waals surface area (Å²) in [7, 11) is 0. The predicted molar refractivity (Wildman–Crippen MR) is 79.9 cm³/mol. The van der Waals surface area contributed by atoms with Gasteiger partial charge in [0, 0.05) is 26.6 Å². The van der Waals surface area contributed by atoms with E-state index in [4.69, 9.17) is 4.74 Å². The van der Waals surface area contributed by atoms with Crippen molar-refractivity contribution in [3.05, 3.63) is 30.3 Å². The molecule has 0 aliphatic carbocycles. The Labute approximate surface area is 125 Å². The van der Waals surface area contributed by atoms with Crippen molar-refractivity contribution in [3.8, 4) is 5.75 Å². The van der Waals surface area contributed by atoms with Gasteiger partial charge in [-0.05, 0) is 30.9 Å². The topological polar surface area (TPSA) is 58.6 Å². The van der Waals surface area contributed by atoms with Crippen LogP contribution in [-0.2, 0) is 9.59 Å². The van der Waals surface area contributed by atoms with Gasteiger partial charge in [-0.2, -0.15) is 0 Å². The summed E-state index contributed by atoms with van der Waals surface area (Å²) in [4.78, 5) is 24.8. The Balaban J connectivity index is 1.69. The molecule has 1 N–H and O–H groups in total. The third-order valence-corrected chi connectivity index (χ3v) is 3.71. The van der Waals surface area contributed by atoms with Crippen LogP contribution in [0.15, 0.2) is 30.3 Å². The van der Waals surface area contributed by atoms with E-state index >= 15 is 0 Å². The summed E-state index contributed by atoms with van der Waals surface area (Å²) < 4.78 is 5.48. The molecule has 0 atom stereocenters. The first-order chi connectivity index (χ1) is 10.1. The minimum absolute atomic E-state index is 0.00441. The summed E-state index contributed by atoms with van der Waals surface area (Å²) in [5, 5.41) is 2.84. The summed E-state index contributed by atoms with van der Waals surface area (Å²) >= 11 is 0. The molecule has 5 heteroatoms. The molecule has 1 saturated heterocycles. The fourth-order valence-corrected chi connectivity index (χ4v) is 2.43. The van der Waals surface area contributed by atoms with E-state index in [9.17, 15) is 9.59 Å².